The van der Waals surface area contributed by atoms with Crippen molar-refractivity contribution in [1.82, 2.24) is 19.5 Å². The van der Waals surface area contributed by atoms with E-state index >= 15 is 0 Å². The van der Waals surface area contributed by atoms with E-state index in [1.165, 1.54) is 30.7 Å². The molecule has 0 spiro atoms. The standard InChI is InChI=1S/C34H44N4O6S/c1-20(2)45(42,43)36-31(39)23-13-15-26-28(17-23)38-19-34(4,35-32(40)33(41)37(5)6)21(3)27-18-24(44-7)14-16-25(27)30(38)29(26)22-11-9-8-10-12-22/h13-18,20-22H,8-12,19H2,1-7H3,(H,35,40)(H,36,39). The third-order valence-corrected chi connectivity index (χ3v) is 11.4. The van der Waals surface area contributed by atoms with E-state index < -0.39 is 38.5 Å². The highest BCUT2D eigenvalue weighted by atomic mass is 32.2. The van der Waals surface area contributed by atoms with Crippen LogP contribution in [0.3, 0.4) is 0 Å². The predicted octanol–water partition coefficient (Wildman–Crippen LogP) is 4.91. The lowest BCUT2D eigenvalue weighted by atomic mass is 9.78. The molecule has 1 saturated carbocycles. The first-order valence-electron chi connectivity index (χ1n) is 15.6. The fourth-order valence-corrected chi connectivity index (χ4v) is 7.41. The molecule has 0 saturated heterocycles. The summed E-state index contributed by atoms with van der Waals surface area (Å²) in [6.45, 7) is 7.33. The lowest BCUT2D eigenvalue weighted by molar-refractivity contribution is -0.145. The minimum Gasteiger partial charge on any atom is -0.497 e. The number of hydrogen-bond donors (Lipinski definition) is 2. The molecule has 2 aromatic carbocycles. The van der Waals surface area contributed by atoms with Gasteiger partial charge in [-0.1, -0.05) is 32.3 Å². The zero-order chi connectivity index (χ0) is 32.8. The van der Waals surface area contributed by atoms with Crippen LogP contribution in [0.4, 0.5) is 0 Å². The summed E-state index contributed by atoms with van der Waals surface area (Å²) in [5, 5.41) is 3.30. The van der Waals surface area contributed by atoms with Gasteiger partial charge in [0.25, 0.3) is 5.91 Å². The van der Waals surface area contributed by atoms with Gasteiger partial charge in [-0.15, -0.1) is 0 Å². The summed E-state index contributed by atoms with van der Waals surface area (Å²) in [7, 11) is 0.870. The number of ether oxygens (including phenoxy) is 1. The number of methoxy groups -OCH3 is 1. The fraction of sp³-hybridized carbons (Fsp3) is 0.500. The van der Waals surface area contributed by atoms with E-state index in [9.17, 15) is 22.8 Å². The van der Waals surface area contributed by atoms with Crippen molar-refractivity contribution < 1.29 is 27.5 Å². The van der Waals surface area contributed by atoms with Gasteiger partial charge in [-0.2, -0.15) is 0 Å². The van der Waals surface area contributed by atoms with Gasteiger partial charge >= 0.3 is 11.8 Å². The van der Waals surface area contributed by atoms with Crippen LogP contribution in [0.2, 0.25) is 0 Å². The molecule has 2 aliphatic rings. The van der Waals surface area contributed by atoms with Gasteiger partial charge in [0.2, 0.25) is 10.0 Å². The molecule has 2 unspecified atom stereocenters. The third-order valence-electron chi connectivity index (χ3n) is 9.66. The molecule has 1 aliphatic heterocycles. The number of likely N-dealkylation sites (N-methyl/N-ethyl adjacent to an activating group) is 1. The molecule has 1 aromatic heterocycles. The number of nitrogens with zero attached hydrogens (tertiary/aromatic N) is 2. The summed E-state index contributed by atoms with van der Waals surface area (Å²) < 4.78 is 35.1. The summed E-state index contributed by atoms with van der Waals surface area (Å²) in [5.74, 6) is -1.31. The molecule has 0 bridgehead atoms. The topological polar surface area (TPSA) is 127 Å². The highest BCUT2D eigenvalue weighted by molar-refractivity contribution is 7.90. The van der Waals surface area contributed by atoms with Crippen molar-refractivity contribution in [2.24, 2.45) is 0 Å². The van der Waals surface area contributed by atoms with E-state index in [4.69, 9.17) is 4.74 Å². The van der Waals surface area contributed by atoms with Crippen LogP contribution in [0, 0.1) is 0 Å². The molecule has 2 atom stereocenters. The lowest BCUT2D eigenvalue weighted by Gasteiger charge is -2.36. The number of sulfonamides is 1. The molecular formula is C34H44N4O6S. The van der Waals surface area contributed by atoms with Gasteiger partial charge in [0, 0.05) is 48.6 Å². The largest absolute Gasteiger partial charge is 0.497 e. The molecule has 11 heteroatoms. The quantitative estimate of drug-likeness (QED) is 0.370. The number of fused-ring (bicyclic) bond motifs is 5. The van der Waals surface area contributed by atoms with Crippen LogP contribution in [0.15, 0.2) is 36.4 Å². The zero-order valence-electron chi connectivity index (χ0n) is 27.2. The van der Waals surface area contributed by atoms with E-state index in [2.05, 4.69) is 20.7 Å². The van der Waals surface area contributed by atoms with Gasteiger partial charge < -0.3 is 19.5 Å². The van der Waals surface area contributed by atoms with Crippen molar-refractivity contribution in [2.75, 3.05) is 21.2 Å². The first-order valence-corrected chi connectivity index (χ1v) is 17.2. The molecule has 2 heterocycles. The third kappa shape index (κ3) is 5.94. The normalized spacial score (nSPS) is 20.2. The summed E-state index contributed by atoms with van der Waals surface area (Å²) in [6.07, 6.45) is 5.50. The monoisotopic (exact) mass is 636 g/mol. The smallest absolute Gasteiger partial charge is 0.311 e. The van der Waals surface area contributed by atoms with E-state index in [0.717, 1.165) is 53.4 Å². The molecule has 2 N–H and O–H groups in total. The molecule has 10 nitrogen and oxygen atoms in total. The van der Waals surface area contributed by atoms with E-state index in [1.54, 1.807) is 33.3 Å². The minimum atomic E-state index is -3.84. The SMILES string of the molecule is COc1ccc2c(c1)C(C)C(C)(NC(=O)C(=O)N(C)C)Cn1c-2c(C2CCCCC2)c2ccc(C(=O)NS(=O)(=O)C(C)C)cc21. The zero-order valence-corrected chi connectivity index (χ0v) is 28.0. The number of amides is 3. The van der Waals surface area contributed by atoms with Crippen LogP contribution >= 0.6 is 0 Å². The Morgan fingerprint density at radius 3 is 2.36 bits per heavy atom. The Morgan fingerprint density at radius 1 is 1.04 bits per heavy atom. The number of carbonyl (C=O) groups is 3. The summed E-state index contributed by atoms with van der Waals surface area (Å²) >= 11 is 0. The first kappa shape index (κ1) is 32.5. The lowest BCUT2D eigenvalue weighted by Crippen LogP contribution is -2.55. The van der Waals surface area contributed by atoms with Crippen LogP contribution in [-0.2, 0) is 26.2 Å². The van der Waals surface area contributed by atoms with Gasteiger partial charge in [0.05, 0.1) is 23.6 Å². The highest BCUT2D eigenvalue weighted by Gasteiger charge is 2.42. The van der Waals surface area contributed by atoms with Crippen LogP contribution < -0.4 is 14.8 Å². The average molecular weight is 637 g/mol. The number of rotatable bonds is 6. The molecule has 1 aliphatic carbocycles. The maximum atomic E-state index is 13.3. The van der Waals surface area contributed by atoms with Crippen molar-refractivity contribution in [3.63, 3.8) is 0 Å². The first-order chi connectivity index (χ1) is 21.2. The minimum absolute atomic E-state index is 0.225. The second-order valence-corrected chi connectivity index (χ2v) is 15.4. The molecule has 0 radical (unpaired) electrons. The summed E-state index contributed by atoms with van der Waals surface area (Å²) in [4.78, 5) is 40.5. The molecule has 3 aromatic rings. The second-order valence-electron chi connectivity index (χ2n) is 13.2. The number of nitrogens with one attached hydrogen (secondary N) is 2. The maximum Gasteiger partial charge on any atom is 0.311 e. The van der Waals surface area contributed by atoms with Crippen LogP contribution in [0.5, 0.6) is 5.75 Å². The molecule has 45 heavy (non-hydrogen) atoms. The fourth-order valence-electron chi connectivity index (χ4n) is 6.80. The van der Waals surface area contributed by atoms with Crippen molar-refractivity contribution >= 4 is 38.6 Å². The number of aromatic nitrogens is 1. The molecular weight excluding hydrogens is 592 g/mol. The van der Waals surface area contributed by atoms with E-state index in [1.807, 2.05) is 32.0 Å². The molecule has 242 valence electrons. The van der Waals surface area contributed by atoms with Crippen molar-refractivity contribution in [3.05, 3.63) is 53.1 Å². The van der Waals surface area contributed by atoms with Gasteiger partial charge in [0.15, 0.2) is 0 Å². The Labute approximate surface area is 265 Å². The summed E-state index contributed by atoms with van der Waals surface area (Å²) in [5.41, 5.74) is 4.28. The van der Waals surface area contributed by atoms with Gasteiger partial charge in [0.1, 0.15) is 5.75 Å². The van der Waals surface area contributed by atoms with Gasteiger partial charge in [-0.3, -0.25) is 14.4 Å². The number of benzene rings is 2. The Kier molecular flexibility index (Phi) is 8.78. The Hall–Kier alpha value is -3.86. The van der Waals surface area contributed by atoms with Crippen LogP contribution in [-0.4, -0.2) is 67.6 Å². The molecule has 1 fully saturated rings. The van der Waals surface area contributed by atoms with Gasteiger partial charge in [-0.25, -0.2) is 13.1 Å². The second kappa shape index (κ2) is 12.2. The molecule has 5 rings (SSSR count). The summed E-state index contributed by atoms with van der Waals surface area (Å²) in [6, 6.07) is 11.4. The van der Waals surface area contributed by atoms with Crippen LogP contribution in [0.25, 0.3) is 22.2 Å². The Morgan fingerprint density at radius 2 is 1.73 bits per heavy atom. The molecule has 3 amide bonds. The maximum absolute atomic E-state index is 13.3. The Balaban J connectivity index is 1.78. The number of hydrogen-bond acceptors (Lipinski definition) is 6. The predicted molar refractivity (Wildman–Crippen MR) is 175 cm³/mol. The average Bonchev–Trinajstić information content (AvgIpc) is 3.28. The van der Waals surface area contributed by atoms with E-state index in [0.29, 0.717) is 12.3 Å². The highest BCUT2D eigenvalue weighted by Crippen LogP contribution is 2.50. The van der Waals surface area contributed by atoms with Crippen molar-refractivity contribution in [3.8, 4) is 17.0 Å². The van der Waals surface area contributed by atoms with E-state index in [-0.39, 0.29) is 17.4 Å². The number of carbonyl (C=O) groups excluding carboxylic acids is 3. The Bertz CT molecular complexity index is 1770. The van der Waals surface area contributed by atoms with Crippen LogP contribution in [0.1, 0.15) is 93.1 Å². The van der Waals surface area contributed by atoms with Gasteiger partial charge in [-0.05, 0) is 81.0 Å². The van der Waals surface area contributed by atoms with Crippen molar-refractivity contribution in [2.45, 2.75) is 89.0 Å². The van der Waals surface area contributed by atoms with Crippen molar-refractivity contribution in [1.29, 1.82) is 0 Å².